The van der Waals surface area contributed by atoms with E-state index in [1.807, 2.05) is 11.0 Å². The summed E-state index contributed by atoms with van der Waals surface area (Å²) in [5.41, 5.74) is 1.46. The number of aliphatic hydroxyl groups excluding tert-OH is 1. The Morgan fingerprint density at radius 2 is 1.90 bits per heavy atom. The molecule has 112 valence electrons. The van der Waals surface area contributed by atoms with Crippen molar-refractivity contribution in [2.75, 3.05) is 37.6 Å². The molecule has 1 aromatic heterocycles. The number of nitrogens with zero attached hydrogens (tertiary/aromatic N) is 3. The minimum Gasteiger partial charge on any atom is -0.387 e. The van der Waals surface area contributed by atoms with Gasteiger partial charge in [-0.3, -0.25) is 9.88 Å². The summed E-state index contributed by atoms with van der Waals surface area (Å²) in [6.07, 6.45) is -3.10. The molecule has 0 radical (unpaired) electrons. The number of hydrogen-bond acceptors (Lipinski definition) is 4. The molecule has 0 saturated carbocycles. The molecule has 7 heteroatoms. The summed E-state index contributed by atoms with van der Waals surface area (Å²) in [4.78, 5) is 7.56. The lowest BCUT2D eigenvalue weighted by atomic mass is 10.2. The summed E-state index contributed by atoms with van der Waals surface area (Å²) in [6.45, 7) is 2.66. The predicted molar refractivity (Wildman–Crippen MR) is 69.6 cm³/mol. The monoisotopic (exact) mass is 289 g/mol. The first-order chi connectivity index (χ1) is 9.35. The SMILES string of the molecule is C[C@@H](O)c1ccc(N2CCN(CC(F)(F)F)CC2)cn1. The lowest BCUT2D eigenvalue weighted by Crippen LogP contribution is -2.49. The molecule has 1 atom stereocenters. The molecule has 1 N–H and O–H groups in total. The van der Waals surface area contributed by atoms with E-state index in [4.69, 9.17) is 0 Å². The predicted octanol–water partition coefficient (Wildman–Crippen LogP) is 1.82. The number of aromatic nitrogens is 1. The Labute approximate surface area is 115 Å². The van der Waals surface area contributed by atoms with Crippen LogP contribution < -0.4 is 4.90 Å². The van der Waals surface area contributed by atoms with Crippen molar-refractivity contribution in [2.45, 2.75) is 19.2 Å². The van der Waals surface area contributed by atoms with Gasteiger partial charge in [-0.1, -0.05) is 0 Å². The zero-order chi connectivity index (χ0) is 14.8. The summed E-state index contributed by atoms with van der Waals surface area (Å²) in [7, 11) is 0. The minimum absolute atomic E-state index is 0.387. The van der Waals surface area contributed by atoms with Gasteiger partial charge in [0.2, 0.25) is 0 Å². The van der Waals surface area contributed by atoms with Crippen molar-refractivity contribution >= 4 is 5.69 Å². The Morgan fingerprint density at radius 1 is 1.25 bits per heavy atom. The maximum absolute atomic E-state index is 12.3. The molecule has 1 saturated heterocycles. The molecular weight excluding hydrogens is 271 g/mol. The fourth-order valence-corrected chi connectivity index (χ4v) is 2.25. The quantitative estimate of drug-likeness (QED) is 0.921. The van der Waals surface area contributed by atoms with Crippen molar-refractivity contribution in [1.82, 2.24) is 9.88 Å². The van der Waals surface area contributed by atoms with Gasteiger partial charge in [0.15, 0.2) is 0 Å². The van der Waals surface area contributed by atoms with Crippen molar-refractivity contribution in [3.05, 3.63) is 24.0 Å². The molecule has 4 nitrogen and oxygen atoms in total. The number of rotatable bonds is 3. The van der Waals surface area contributed by atoms with Crippen LogP contribution in [0.3, 0.4) is 0 Å². The van der Waals surface area contributed by atoms with Gasteiger partial charge in [0.1, 0.15) is 0 Å². The molecule has 1 aliphatic heterocycles. The van der Waals surface area contributed by atoms with E-state index in [1.54, 1.807) is 19.2 Å². The van der Waals surface area contributed by atoms with Gasteiger partial charge < -0.3 is 10.0 Å². The highest BCUT2D eigenvalue weighted by atomic mass is 19.4. The van der Waals surface area contributed by atoms with Gasteiger partial charge in [-0.25, -0.2) is 0 Å². The molecule has 0 unspecified atom stereocenters. The number of alkyl halides is 3. The van der Waals surface area contributed by atoms with Gasteiger partial charge in [0.05, 0.1) is 30.2 Å². The van der Waals surface area contributed by atoms with Gasteiger partial charge in [-0.2, -0.15) is 13.2 Å². The molecule has 2 rings (SSSR count). The Hall–Kier alpha value is -1.34. The second-order valence-electron chi connectivity index (χ2n) is 5.00. The molecule has 20 heavy (non-hydrogen) atoms. The van der Waals surface area contributed by atoms with E-state index >= 15 is 0 Å². The van der Waals surface area contributed by atoms with Crippen LogP contribution in [0.15, 0.2) is 18.3 Å². The number of halogens is 3. The standard InChI is InChI=1S/C13H18F3N3O/c1-10(20)12-3-2-11(8-17-12)19-6-4-18(5-7-19)9-13(14,15)16/h2-3,8,10,20H,4-7,9H2,1H3/t10-/m1/s1. The third kappa shape index (κ3) is 4.08. The highest BCUT2D eigenvalue weighted by molar-refractivity contribution is 5.45. The second kappa shape index (κ2) is 5.97. The molecule has 0 aromatic carbocycles. The number of piperazine rings is 1. The molecule has 1 fully saturated rings. The van der Waals surface area contributed by atoms with Gasteiger partial charge in [0.25, 0.3) is 0 Å². The Bertz CT molecular complexity index is 425. The minimum atomic E-state index is -4.14. The van der Waals surface area contributed by atoms with Crippen LogP contribution in [0.25, 0.3) is 0 Å². The zero-order valence-electron chi connectivity index (χ0n) is 11.3. The van der Waals surface area contributed by atoms with E-state index in [2.05, 4.69) is 4.98 Å². The van der Waals surface area contributed by atoms with Crippen molar-refractivity contribution in [2.24, 2.45) is 0 Å². The first kappa shape index (κ1) is 15.1. The lowest BCUT2D eigenvalue weighted by Gasteiger charge is -2.36. The Balaban J connectivity index is 1.90. The summed E-state index contributed by atoms with van der Waals surface area (Å²) >= 11 is 0. The van der Waals surface area contributed by atoms with Crippen LogP contribution in [0.5, 0.6) is 0 Å². The first-order valence-electron chi connectivity index (χ1n) is 6.53. The maximum Gasteiger partial charge on any atom is 0.401 e. The molecule has 0 amide bonds. The molecule has 1 aliphatic rings. The Kier molecular flexibility index (Phi) is 4.49. The van der Waals surface area contributed by atoms with Crippen molar-refractivity contribution in [1.29, 1.82) is 0 Å². The summed E-state index contributed by atoms with van der Waals surface area (Å²) in [5.74, 6) is 0. The summed E-state index contributed by atoms with van der Waals surface area (Å²) in [5, 5.41) is 9.38. The van der Waals surface area contributed by atoms with E-state index in [1.165, 1.54) is 4.90 Å². The normalized spacial score (nSPS) is 19.1. The van der Waals surface area contributed by atoms with Crippen LogP contribution in [0.1, 0.15) is 18.7 Å². The molecule has 0 spiro atoms. The van der Waals surface area contributed by atoms with E-state index in [0.29, 0.717) is 31.9 Å². The van der Waals surface area contributed by atoms with E-state index in [9.17, 15) is 18.3 Å². The molecular formula is C13H18F3N3O. The third-order valence-corrected chi connectivity index (χ3v) is 3.34. The topological polar surface area (TPSA) is 39.6 Å². The maximum atomic E-state index is 12.3. The summed E-state index contributed by atoms with van der Waals surface area (Å²) in [6, 6.07) is 3.58. The largest absolute Gasteiger partial charge is 0.401 e. The number of hydrogen-bond donors (Lipinski definition) is 1. The van der Waals surface area contributed by atoms with E-state index < -0.39 is 18.8 Å². The van der Waals surface area contributed by atoms with Gasteiger partial charge in [-0.05, 0) is 19.1 Å². The van der Waals surface area contributed by atoms with Crippen LogP contribution in [-0.2, 0) is 0 Å². The highest BCUT2D eigenvalue weighted by Crippen LogP contribution is 2.21. The molecule has 1 aromatic rings. The first-order valence-corrected chi connectivity index (χ1v) is 6.53. The number of pyridine rings is 1. The molecule has 0 bridgehead atoms. The molecule has 2 heterocycles. The average Bonchev–Trinajstić information content (AvgIpc) is 2.38. The summed E-state index contributed by atoms with van der Waals surface area (Å²) < 4.78 is 36.9. The second-order valence-corrected chi connectivity index (χ2v) is 5.00. The third-order valence-electron chi connectivity index (χ3n) is 3.34. The van der Waals surface area contributed by atoms with Gasteiger partial charge in [0, 0.05) is 26.2 Å². The van der Waals surface area contributed by atoms with E-state index in [0.717, 1.165) is 5.69 Å². The van der Waals surface area contributed by atoms with Gasteiger partial charge in [-0.15, -0.1) is 0 Å². The van der Waals surface area contributed by atoms with Crippen LogP contribution in [-0.4, -0.2) is 53.9 Å². The van der Waals surface area contributed by atoms with Crippen molar-refractivity contribution in [3.8, 4) is 0 Å². The van der Waals surface area contributed by atoms with Crippen LogP contribution in [0.2, 0.25) is 0 Å². The van der Waals surface area contributed by atoms with Gasteiger partial charge >= 0.3 is 6.18 Å². The number of aliphatic hydroxyl groups is 1. The van der Waals surface area contributed by atoms with Crippen LogP contribution in [0, 0.1) is 0 Å². The van der Waals surface area contributed by atoms with Crippen molar-refractivity contribution < 1.29 is 18.3 Å². The average molecular weight is 289 g/mol. The zero-order valence-corrected chi connectivity index (χ0v) is 11.3. The fourth-order valence-electron chi connectivity index (χ4n) is 2.25. The fraction of sp³-hybridized carbons (Fsp3) is 0.615. The molecule has 0 aliphatic carbocycles. The van der Waals surface area contributed by atoms with Crippen LogP contribution >= 0.6 is 0 Å². The highest BCUT2D eigenvalue weighted by Gasteiger charge is 2.32. The smallest absolute Gasteiger partial charge is 0.387 e. The number of anilines is 1. The van der Waals surface area contributed by atoms with E-state index in [-0.39, 0.29) is 0 Å². The van der Waals surface area contributed by atoms with Crippen molar-refractivity contribution in [3.63, 3.8) is 0 Å². The lowest BCUT2D eigenvalue weighted by molar-refractivity contribution is -0.146. The van der Waals surface area contributed by atoms with Crippen LogP contribution in [0.4, 0.5) is 18.9 Å². The Morgan fingerprint density at radius 3 is 2.35 bits per heavy atom.